The molecule has 2 atom stereocenters. The SMILES string of the molecule is CCC(Nc1ccc(S(=O)(=O)C(F)F)cc1[N+](=O)[O-])C1CCCO1. The molecule has 0 aliphatic carbocycles. The van der Waals surface area contributed by atoms with E-state index in [1.54, 1.807) is 0 Å². The number of alkyl halides is 2. The first-order valence-electron chi connectivity index (χ1n) is 7.46. The Morgan fingerprint density at radius 1 is 1.46 bits per heavy atom. The molecule has 1 aromatic rings. The third kappa shape index (κ3) is 3.81. The number of ether oxygens (including phenoxy) is 1. The van der Waals surface area contributed by atoms with Crippen molar-refractivity contribution in [3.05, 3.63) is 28.3 Å². The van der Waals surface area contributed by atoms with Crippen LogP contribution < -0.4 is 5.32 Å². The van der Waals surface area contributed by atoms with Gasteiger partial charge in [0.05, 0.1) is 22.0 Å². The van der Waals surface area contributed by atoms with E-state index in [-0.39, 0.29) is 17.8 Å². The maximum Gasteiger partial charge on any atom is 0.341 e. The van der Waals surface area contributed by atoms with Crippen LogP contribution in [0.5, 0.6) is 0 Å². The third-order valence-electron chi connectivity index (χ3n) is 3.92. The van der Waals surface area contributed by atoms with E-state index in [0.717, 1.165) is 25.0 Å². The molecule has 134 valence electrons. The molecule has 10 heteroatoms. The van der Waals surface area contributed by atoms with Gasteiger partial charge in [0.1, 0.15) is 5.69 Å². The van der Waals surface area contributed by atoms with Crippen LogP contribution >= 0.6 is 0 Å². The second kappa shape index (κ2) is 7.39. The fraction of sp³-hybridized carbons (Fsp3) is 0.571. The zero-order valence-electron chi connectivity index (χ0n) is 12.9. The minimum atomic E-state index is -4.89. The summed E-state index contributed by atoms with van der Waals surface area (Å²) in [4.78, 5) is 9.64. The van der Waals surface area contributed by atoms with Gasteiger partial charge in [-0.3, -0.25) is 10.1 Å². The molecule has 0 saturated carbocycles. The van der Waals surface area contributed by atoms with Crippen molar-refractivity contribution >= 4 is 21.2 Å². The van der Waals surface area contributed by atoms with Crippen molar-refractivity contribution in [2.45, 2.75) is 49.0 Å². The van der Waals surface area contributed by atoms with E-state index in [0.29, 0.717) is 19.1 Å². The van der Waals surface area contributed by atoms with Gasteiger partial charge in [0.25, 0.3) is 5.69 Å². The fourth-order valence-electron chi connectivity index (χ4n) is 2.64. The molecule has 0 aromatic heterocycles. The van der Waals surface area contributed by atoms with Gasteiger partial charge in [-0.2, -0.15) is 8.78 Å². The Balaban J connectivity index is 2.34. The largest absolute Gasteiger partial charge is 0.376 e. The zero-order chi connectivity index (χ0) is 17.9. The van der Waals surface area contributed by atoms with E-state index in [9.17, 15) is 27.3 Å². The van der Waals surface area contributed by atoms with Gasteiger partial charge in [-0.05, 0) is 31.4 Å². The molecule has 2 rings (SSSR count). The van der Waals surface area contributed by atoms with Gasteiger partial charge in [-0.1, -0.05) is 6.92 Å². The molecule has 1 aliphatic heterocycles. The van der Waals surface area contributed by atoms with Crippen LogP contribution in [0.1, 0.15) is 26.2 Å². The fourth-order valence-corrected chi connectivity index (χ4v) is 3.38. The summed E-state index contributed by atoms with van der Waals surface area (Å²) in [5.41, 5.74) is -0.483. The van der Waals surface area contributed by atoms with Gasteiger partial charge in [-0.15, -0.1) is 0 Å². The first-order chi connectivity index (χ1) is 11.3. The second-order valence-electron chi connectivity index (χ2n) is 5.45. The van der Waals surface area contributed by atoms with Crippen LogP contribution in [0, 0.1) is 10.1 Å². The van der Waals surface area contributed by atoms with Crippen molar-refractivity contribution in [2.24, 2.45) is 0 Å². The molecule has 1 N–H and O–H groups in total. The van der Waals surface area contributed by atoms with Gasteiger partial charge in [0.15, 0.2) is 0 Å². The third-order valence-corrected chi connectivity index (χ3v) is 5.30. The molecule has 1 saturated heterocycles. The lowest BCUT2D eigenvalue weighted by Crippen LogP contribution is -2.32. The molecule has 0 amide bonds. The topological polar surface area (TPSA) is 98.5 Å². The van der Waals surface area contributed by atoms with Crippen LogP contribution in [0.4, 0.5) is 20.2 Å². The van der Waals surface area contributed by atoms with E-state index >= 15 is 0 Å². The van der Waals surface area contributed by atoms with Crippen molar-refractivity contribution in [3.63, 3.8) is 0 Å². The zero-order valence-corrected chi connectivity index (χ0v) is 13.8. The van der Waals surface area contributed by atoms with Crippen molar-refractivity contribution in [1.29, 1.82) is 0 Å². The summed E-state index contributed by atoms with van der Waals surface area (Å²) in [6.45, 7) is 2.51. The molecule has 0 radical (unpaired) electrons. The molecule has 1 aliphatic rings. The molecule has 7 nitrogen and oxygen atoms in total. The molecule has 0 spiro atoms. The molecule has 2 unspecified atom stereocenters. The predicted octanol–water partition coefficient (Wildman–Crippen LogP) is 2.96. The molecular weight excluding hydrogens is 346 g/mol. The average Bonchev–Trinajstić information content (AvgIpc) is 3.06. The first kappa shape index (κ1) is 18.5. The highest BCUT2D eigenvalue weighted by atomic mass is 32.2. The van der Waals surface area contributed by atoms with Gasteiger partial charge in [-0.25, -0.2) is 8.42 Å². The number of rotatable bonds is 7. The predicted molar refractivity (Wildman–Crippen MR) is 83.0 cm³/mol. The number of hydrogen-bond acceptors (Lipinski definition) is 6. The highest BCUT2D eigenvalue weighted by Gasteiger charge is 2.31. The monoisotopic (exact) mass is 364 g/mol. The summed E-state index contributed by atoms with van der Waals surface area (Å²) in [5.74, 6) is -3.63. The van der Waals surface area contributed by atoms with Gasteiger partial charge in [0.2, 0.25) is 9.84 Å². The van der Waals surface area contributed by atoms with Gasteiger partial charge >= 0.3 is 5.76 Å². The number of nitrogens with one attached hydrogen (secondary N) is 1. The van der Waals surface area contributed by atoms with Crippen LogP contribution in [0.2, 0.25) is 0 Å². The molecular formula is C14H18F2N2O5S. The smallest absolute Gasteiger partial charge is 0.341 e. The number of benzene rings is 1. The lowest BCUT2D eigenvalue weighted by molar-refractivity contribution is -0.384. The van der Waals surface area contributed by atoms with E-state index in [4.69, 9.17) is 4.74 Å². The number of sulfone groups is 1. The Labute approximate surface area is 138 Å². The van der Waals surface area contributed by atoms with Gasteiger partial charge in [0, 0.05) is 12.7 Å². The minimum Gasteiger partial charge on any atom is -0.376 e. The first-order valence-corrected chi connectivity index (χ1v) is 9.00. The molecule has 0 bridgehead atoms. The molecule has 1 fully saturated rings. The average molecular weight is 364 g/mol. The van der Waals surface area contributed by atoms with Gasteiger partial charge < -0.3 is 10.1 Å². The van der Waals surface area contributed by atoms with Crippen LogP contribution in [-0.2, 0) is 14.6 Å². The van der Waals surface area contributed by atoms with E-state index < -0.39 is 31.1 Å². The summed E-state index contributed by atoms with van der Waals surface area (Å²) < 4.78 is 53.8. The number of nitro benzene ring substituents is 1. The van der Waals surface area contributed by atoms with Crippen molar-refractivity contribution in [2.75, 3.05) is 11.9 Å². The van der Waals surface area contributed by atoms with Crippen molar-refractivity contribution in [1.82, 2.24) is 0 Å². The van der Waals surface area contributed by atoms with E-state index in [1.165, 1.54) is 0 Å². The van der Waals surface area contributed by atoms with E-state index in [2.05, 4.69) is 5.32 Å². The molecule has 24 heavy (non-hydrogen) atoms. The second-order valence-corrected chi connectivity index (χ2v) is 7.37. The lowest BCUT2D eigenvalue weighted by atomic mass is 10.0. The lowest BCUT2D eigenvalue weighted by Gasteiger charge is -2.24. The Morgan fingerprint density at radius 3 is 2.67 bits per heavy atom. The summed E-state index contributed by atoms with van der Waals surface area (Å²) in [6, 6.07) is 2.56. The van der Waals surface area contributed by atoms with Crippen molar-refractivity contribution < 1.29 is 26.9 Å². The van der Waals surface area contributed by atoms with E-state index in [1.807, 2.05) is 6.92 Å². The molecule has 1 aromatic carbocycles. The normalized spacial score (nSPS) is 19.4. The maximum absolute atomic E-state index is 12.6. The number of nitrogens with zero attached hydrogens (tertiary/aromatic N) is 1. The van der Waals surface area contributed by atoms with Crippen LogP contribution in [0.25, 0.3) is 0 Å². The number of anilines is 1. The van der Waals surface area contributed by atoms with Crippen LogP contribution in [-0.4, -0.2) is 37.9 Å². The highest BCUT2D eigenvalue weighted by molar-refractivity contribution is 7.91. The van der Waals surface area contributed by atoms with Crippen LogP contribution in [0.15, 0.2) is 23.1 Å². The summed E-state index contributed by atoms with van der Waals surface area (Å²) >= 11 is 0. The highest BCUT2D eigenvalue weighted by Crippen LogP contribution is 2.31. The summed E-state index contributed by atoms with van der Waals surface area (Å²) in [6.07, 6.45) is 2.26. The molecule has 1 heterocycles. The number of hydrogen-bond donors (Lipinski definition) is 1. The maximum atomic E-state index is 12.6. The summed E-state index contributed by atoms with van der Waals surface area (Å²) in [5, 5.41) is 14.2. The quantitative estimate of drug-likeness (QED) is 0.590. The standard InChI is InChI=1S/C14H18F2N2O5S/c1-2-10(13-4-3-7-23-13)17-11-6-5-9(8-12(11)18(19)20)24(21,22)14(15)16/h5-6,8,10,13-14,17H,2-4,7H2,1H3. The van der Waals surface area contributed by atoms with Crippen molar-refractivity contribution in [3.8, 4) is 0 Å². The Morgan fingerprint density at radius 2 is 2.17 bits per heavy atom. The number of nitro groups is 1. The Hall–Kier alpha value is -1.81. The van der Waals surface area contributed by atoms with Crippen LogP contribution in [0.3, 0.4) is 0 Å². The minimum absolute atomic E-state index is 0.0792. The summed E-state index contributed by atoms with van der Waals surface area (Å²) in [7, 11) is -4.89. The Bertz CT molecular complexity index is 705. The number of halogens is 2. The Kier molecular flexibility index (Phi) is 5.70.